The number of aromatic nitrogens is 1. The number of likely N-dealkylation sites (tertiary alicyclic amines) is 1. The summed E-state index contributed by atoms with van der Waals surface area (Å²) in [4.78, 5) is 40.7. The van der Waals surface area contributed by atoms with Gasteiger partial charge in [0, 0.05) is 68.3 Å². The molecule has 0 saturated carbocycles. The number of amides is 2. The molecule has 3 atom stereocenters. The maximum Gasteiger partial charge on any atom is 0.246 e. The number of rotatable bonds is 8. The smallest absolute Gasteiger partial charge is 0.246 e. The van der Waals surface area contributed by atoms with Crippen molar-refractivity contribution >= 4 is 22.7 Å². The first-order chi connectivity index (χ1) is 24.1. The van der Waals surface area contributed by atoms with Crippen molar-refractivity contribution in [3.05, 3.63) is 89.1 Å². The Morgan fingerprint density at radius 2 is 1.78 bits per heavy atom. The van der Waals surface area contributed by atoms with Crippen LogP contribution in [0.2, 0.25) is 0 Å². The van der Waals surface area contributed by atoms with Crippen LogP contribution in [0, 0.1) is 0 Å². The number of carbonyl (C=O) groups is 2. The molecule has 1 N–H and O–H groups in total. The standard InChI is InChI=1S/C38H41N5O6/c44-35-23-42(27-10-11-41(22-27)21-25-4-3-5-28(18-25)47-17-14-40-12-15-46-16-13-40)38(45)32-20-30-29-6-1-2-7-31(29)39-36(30)37(43(32)35)26-8-9-33-34(19-26)49-24-48-33/h1-9,18-19,27,32,37,39H,10-17,20-24H2/t27-,32-,37-/m1/s1. The average molecular weight is 664 g/mol. The molecule has 49 heavy (non-hydrogen) atoms. The van der Waals surface area contributed by atoms with E-state index in [1.165, 1.54) is 5.56 Å². The predicted octanol–water partition coefficient (Wildman–Crippen LogP) is 3.57. The number of morpholine rings is 1. The number of nitrogens with one attached hydrogen (secondary N) is 1. The van der Waals surface area contributed by atoms with Crippen molar-refractivity contribution in [3.8, 4) is 17.2 Å². The third kappa shape index (κ3) is 5.69. The van der Waals surface area contributed by atoms with E-state index in [-0.39, 0.29) is 31.2 Å². The first-order valence-corrected chi connectivity index (χ1v) is 17.4. The highest BCUT2D eigenvalue weighted by Crippen LogP contribution is 2.45. The Kier molecular flexibility index (Phi) is 7.90. The molecule has 0 radical (unpaired) electrons. The van der Waals surface area contributed by atoms with Crippen molar-refractivity contribution in [2.45, 2.75) is 37.5 Å². The average Bonchev–Trinajstić information content (AvgIpc) is 3.88. The monoisotopic (exact) mass is 663 g/mol. The summed E-state index contributed by atoms with van der Waals surface area (Å²) in [5.74, 6) is 2.23. The van der Waals surface area contributed by atoms with E-state index < -0.39 is 12.1 Å². The fraction of sp³-hybridized carbons (Fsp3) is 0.421. The molecule has 0 bridgehead atoms. The van der Waals surface area contributed by atoms with Crippen molar-refractivity contribution in [3.63, 3.8) is 0 Å². The Balaban J connectivity index is 0.914. The van der Waals surface area contributed by atoms with Gasteiger partial charge in [-0.3, -0.25) is 19.4 Å². The number of hydrogen-bond donors (Lipinski definition) is 1. The number of ether oxygens (including phenoxy) is 4. The molecule has 0 spiro atoms. The number of benzene rings is 3. The van der Waals surface area contributed by atoms with Crippen LogP contribution in [-0.2, 0) is 27.3 Å². The summed E-state index contributed by atoms with van der Waals surface area (Å²) >= 11 is 0. The van der Waals surface area contributed by atoms with Gasteiger partial charge in [0.1, 0.15) is 24.9 Å². The number of H-pyrrole nitrogens is 1. The quantitative estimate of drug-likeness (QED) is 0.306. The molecule has 5 aliphatic heterocycles. The summed E-state index contributed by atoms with van der Waals surface area (Å²) in [6, 6.07) is 21.3. The maximum atomic E-state index is 14.5. The van der Waals surface area contributed by atoms with Crippen LogP contribution < -0.4 is 14.2 Å². The van der Waals surface area contributed by atoms with Gasteiger partial charge in [0.15, 0.2) is 11.5 Å². The lowest BCUT2D eigenvalue weighted by Gasteiger charge is -2.48. The van der Waals surface area contributed by atoms with Crippen molar-refractivity contribution in [1.29, 1.82) is 0 Å². The molecule has 1 aromatic heterocycles. The number of fused-ring (bicyclic) bond motifs is 5. The largest absolute Gasteiger partial charge is 0.492 e. The van der Waals surface area contributed by atoms with Gasteiger partial charge in [0.05, 0.1) is 19.3 Å². The lowest BCUT2D eigenvalue weighted by Crippen LogP contribution is -2.65. The van der Waals surface area contributed by atoms with Gasteiger partial charge in [-0.25, -0.2) is 0 Å². The third-order valence-corrected chi connectivity index (χ3v) is 10.8. The summed E-state index contributed by atoms with van der Waals surface area (Å²) in [6.07, 6.45) is 1.32. The van der Waals surface area contributed by atoms with Crippen LogP contribution in [0.4, 0.5) is 0 Å². The topological polar surface area (TPSA) is 99.8 Å². The second-order valence-electron chi connectivity index (χ2n) is 13.7. The SMILES string of the molecule is O=C1[C@H]2Cc3c([nH]c4ccccc34)[C@@H](c3ccc4c(c3)OCO4)N2C(=O)CN1[C@@H]1CCN(Cc2cccc(OCCN3CCOCC3)c2)C1. The lowest BCUT2D eigenvalue weighted by atomic mass is 9.85. The van der Waals surface area contributed by atoms with Gasteiger partial charge in [-0.05, 0) is 53.4 Å². The van der Waals surface area contributed by atoms with E-state index in [0.29, 0.717) is 24.5 Å². The van der Waals surface area contributed by atoms with Crippen LogP contribution in [-0.4, -0.2) is 114 Å². The molecule has 9 rings (SSSR count). The van der Waals surface area contributed by atoms with Crippen LogP contribution >= 0.6 is 0 Å². The third-order valence-electron chi connectivity index (χ3n) is 10.8. The van der Waals surface area contributed by atoms with Crippen molar-refractivity contribution in [2.24, 2.45) is 0 Å². The van der Waals surface area contributed by atoms with E-state index in [2.05, 4.69) is 39.0 Å². The molecule has 0 unspecified atom stereocenters. The summed E-state index contributed by atoms with van der Waals surface area (Å²) in [5.41, 5.74) is 5.15. The van der Waals surface area contributed by atoms with Crippen LogP contribution in [0.25, 0.3) is 10.9 Å². The van der Waals surface area contributed by atoms with Gasteiger partial charge in [-0.1, -0.05) is 36.4 Å². The van der Waals surface area contributed by atoms with Crippen molar-refractivity contribution in [1.82, 2.24) is 24.6 Å². The zero-order valence-electron chi connectivity index (χ0n) is 27.5. The first-order valence-electron chi connectivity index (χ1n) is 17.4. The molecule has 5 aliphatic rings. The summed E-state index contributed by atoms with van der Waals surface area (Å²) < 4.78 is 22.8. The number of piperazine rings is 1. The zero-order chi connectivity index (χ0) is 32.9. The van der Waals surface area contributed by atoms with Gasteiger partial charge < -0.3 is 33.7 Å². The zero-order valence-corrected chi connectivity index (χ0v) is 27.5. The fourth-order valence-corrected chi connectivity index (χ4v) is 8.34. The highest BCUT2D eigenvalue weighted by Gasteiger charge is 2.50. The van der Waals surface area contributed by atoms with E-state index in [0.717, 1.165) is 92.4 Å². The number of para-hydroxylation sites is 1. The van der Waals surface area contributed by atoms with Gasteiger partial charge in [0.2, 0.25) is 18.6 Å². The second-order valence-corrected chi connectivity index (χ2v) is 13.7. The molecular weight excluding hydrogens is 622 g/mol. The molecule has 3 aromatic carbocycles. The molecule has 254 valence electrons. The molecule has 3 fully saturated rings. The van der Waals surface area contributed by atoms with E-state index in [9.17, 15) is 9.59 Å². The summed E-state index contributed by atoms with van der Waals surface area (Å²) in [7, 11) is 0. The van der Waals surface area contributed by atoms with Gasteiger partial charge in [-0.15, -0.1) is 0 Å². The molecule has 6 heterocycles. The van der Waals surface area contributed by atoms with E-state index in [1.54, 1.807) is 0 Å². The molecular formula is C38H41N5O6. The van der Waals surface area contributed by atoms with Crippen LogP contribution in [0.5, 0.6) is 17.2 Å². The van der Waals surface area contributed by atoms with E-state index in [1.807, 2.05) is 52.3 Å². The second kappa shape index (κ2) is 12.7. The molecule has 11 nitrogen and oxygen atoms in total. The van der Waals surface area contributed by atoms with E-state index in [4.69, 9.17) is 18.9 Å². The van der Waals surface area contributed by atoms with Gasteiger partial charge in [-0.2, -0.15) is 0 Å². The maximum absolute atomic E-state index is 14.5. The highest BCUT2D eigenvalue weighted by molar-refractivity contribution is 5.98. The first kappa shape index (κ1) is 30.5. The highest BCUT2D eigenvalue weighted by atomic mass is 16.7. The Morgan fingerprint density at radius 1 is 0.898 bits per heavy atom. The normalized spacial score (nSPS) is 24.0. The van der Waals surface area contributed by atoms with Crippen molar-refractivity contribution in [2.75, 3.05) is 65.9 Å². The molecule has 0 aliphatic carbocycles. The molecule has 4 aromatic rings. The minimum Gasteiger partial charge on any atom is -0.492 e. The molecule has 3 saturated heterocycles. The molecule has 2 amide bonds. The van der Waals surface area contributed by atoms with Gasteiger partial charge >= 0.3 is 0 Å². The summed E-state index contributed by atoms with van der Waals surface area (Å²) in [5, 5.41) is 1.10. The fourth-order valence-electron chi connectivity index (χ4n) is 8.34. The Morgan fingerprint density at radius 3 is 2.69 bits per heavy atom. The number of aromatic amines is 1. The van der Waals surface area contributed by atoms with Crippen LogP contribution in [0.1, 0.15) is 34.8 Å². The Bertz CT molecular complexity index is 1890. The number of hydrogen-bond acceptors (Lipinski definition) is 8. The van der Waals surface area contributed by atoms with Crippen LogP contribution in [0.15, 0.2) is 66.7 Å². The summed E-state index contributed by atoms with van der Waals surface area (Å²) in [6.45, 7) is 7.64. The van der Waals surface area contributed by atoms with Gasteiger partial charge in [0.25, 0.3) is 0 Å². The Labute approximate surface area is 285 Å². The van der Waals surface area contributed by atoms with Crippen molar-refractivity contribution < 1.29 is 28.5 Å². The van der Waals surface area contributed by atoms with E-state index >= 15 is 0 Å². The minimum absolute atomic E-state index is 0.0140. The molecule has 11 heteroatoms. The lowest BCUT2D eigenvalue weighted by molar-refractivity contribution is -0.160. The Hall–Kier alpha value is -4.58. The number of carbonyl (C=O) groups excluding carboxylic acids is 2. The van der Waals surface area contributed by atoms with Crippen LogP contribution in [0.3, 0.4) is 0 Å². The predicted molar refractivity (Wildman–Crippen MR) is 182 cm³/mol. The number of nitrogens with zero attached hydrogens (tertiary/aromatic N) is 4. The minimum atomic E-state index is -0.580.